The molecule has 1 aliphatic carbocycles. The number of amides is 2. The number of anilines is 1. The van der Waals surface area contributed by atoms with Crippen LogP contribution in [-0.2, 0) is 4.79 Å². The third-order valence-electron chi connectivity index (χ3n) is 4.11. The van der Waals surface area contributed by atoms with Crippen LogP contribution in [0, 0.1) is 0 Å². The molecule has 0 bridgehead atoms. The molecule has 25 heavy (non-hydrogen) atoms. The molecule has 0 spiro atoms. The lowest BCUT2D eigenvalue weighted by Gasteiger charge is -2.14. The van der Waals surface area contributed by atoms with Crippen LogP contribution in [0.1, 0.15) is 42.7 Å². The first-order chi connectivity index (χ1) is 12.2. The fourth-order valence-electron chi connectivity index (χ4n) is 2.85. The maximum absolute atomic E-state index is 12.0. The number of ether oxygens (including phenoxy) is 1. The van der Waals surface area contributed by atoms with Gasteiger partial charge in [0.1, 0.15) is 5.75 Å². The van der Waals surface area contributed by atoms with E-state index in [-0.39, 0.29) is 36.6 Å². The maximum Gasteiger partial charge on any atom is 0.286 e. The number of benzene rings is 1. The van der Waals surface area contributed by atoms with Crippen molar-refractivity contribution >= 4 is 17.5 Å². The molecule has 1 aromatic carbocycles. The fourth-order valence-corrected chi connectivity index (χ4v) is 2.85. The van der Waals surface area contributed by atoms with Crippen molar-refractivity contribution in [3.63, 3.8) is 0 Å². The Morgan fingerprint density at radius 1 is 1.16 bits per heavy atom. The van der Waals surface area contributed by atoms with Gasteiger partial charge in [-0.2, -0.15) is 0 Å². The van der Waals surface area contributed by atoms with Crippen LogP contribution in [0.4, 0.5) is 5.69 Å². The van der Waals surface area contributed by atoms with Crippen molar-refractivity contribution < 1.29 is 18.7 Å². The summed E-state index contributed by atoms with van der Waals surface area (Å²) in [6.45, 7) is 0.240. The quantitative estimate of drug-likeness (QED) is 0.808. The van der Waals surface area contributed by atoms with E-state index in [1.165, 1.54) is 19.1 Å². The molecule has 1 aliphatic rings. The van der Waals surface area contributed by atoms with Crippen LogP contribution in [-0.4, -0.2) is 24.5 Å². The highest BCUT2D eigenvalue weighted by Gasteiger charge is 2.16. The lowest BCUT2D eigenvalue weighted by molar-refractivity contribution is -0.116. The summed E-state index contributed by atoms with van der Waals surface area (Å²) in [5.74, 6) is 0.510. The second-order valence-corrected chi connectivity index (χ2v) is 6.08. The van der Waals surface area contributed by atoms with E-state index < -0.39 is 0 Å². The van der Waals surface area contributed by atoms with Gasteiger partial charge in [-0.15, -0.1) is 0 Å². The summed E-state index contributed by atoms with van der Waals surface area (Å²) in [5, 5.41) is 5.47. The summed E-state index contributed by atoms with van der Waals surface area (Å²) < 4.78 is 10.9. The van der Waals surface area contributed by atoms with Gasteiger partial charge in [-0.05, 0) is 49.9 Å². The van der Waals surface area contributed by atoms with E-state index in [2.05, 4.69) is 10.6 Å². The zero-order valence-corrected chi connectivity index (χ0v) is 14.0. The average Bonchev–Trinajstić information content (AvgIpc) is 3.28. The Morgan fingerprint density at radius 2 is 2.00 bits per heavy atom. The standard InChI is InChI=1S/C19H22N2O4/c22-18(10-11-20-19(23)17-9-4-12-24-17)21-14-5-3-8-16(13-14)25-15-6-1-2-7-15/h3-5,8-9,12-13,15H,1-2,6-7,10-11H2,(H,20,23)(H,21,22). The molecule has 0 atom stereocenters. The van der Waals surface area contributed by atoms with E-state index in [1.54, 1.807) is 12.1 Å². The van der Waals surface area contributed by atoms with Gasteiger partial charge < -0.3 is 19.8 Å². The molecule has 0 aliphatic heterocycles. The summed E-state index contributed by atoms with van der Waals surface area (Å²) >= 11 is 0. The Bertz CT molecular complexity index is 706. The third kappa shape index (κ3) is 5.11. The van der Waals surface area contributed by atoms with Crippen LogP contribution in [0.2, 0.25) is 0 Å². The van der Waals surface area contributed by atoms with Crippen molar-refractivity contribution in [2.24, 2.45) is 0 Å². The van der Waals surface area contributed by atoms with Crippen molar-refractivity contribution in [3.05, 3.63) is 48.4 Å². The largest absolute Gasteiger partial charge is 0.490 e. The van der Waals surface area contributed by atoms with Crippen LogP contribution in [0.3, 0.4) is 0 Å². The molecule has 0 radical (unpaired) electrons. The number of hydrogen-bond acceptors (Lipinski definition) is 4. The van der Waals surface area contributed by atoms with Gasteiger partial charge >= 0.3 is 0 Å². The Labute approximate surface area is 146 Å². The molecule has 1 fully saturated rings. The van der Waals surface area contributed by atoms with E-state index in [1.807, 2.05) is 24.3 Å². The molecule has 2 aromatic rings. The van der Waals surface area contributed by atoms with Gasteiger partial charge in [0.2, 0.25) is 5.91 Å². The van der Waals surface area contributed by atoms with Crippen LogP contribution in [0.5, 0.6) is 5.75 Å². The SMILES string of the molecule is O=C(CCNC(=O)c1ccco1)Nc1cccc(OC2CCCC2)c1. The molecule has 6 nitrogen and oxygen atoms in total. The van der Waals surface area contributed by atoms with Crippen LogP contribution in [0.15, 0.2) is 47.1 Å². The van der Waals surface area contributed by atoms with E-state index >= 15 is 0 Å². The summed E-state index contributed by atoms with van der Waals surface area (Å²) in [6, 6.07) is 10.6. The summed E-state index contributed by atoms with van der Waals surface area (Å²) in [4.78, 5) is 23.7. The minimum absolute atomic E-state index is 0.169. The fraction of sp³-hybridized carbons (Fsp3) is 0.368. The highest BCUT2D eigenvalue weighted by molar-refractivity contribution is 5.93. The average molecular weight is 342 g/mol. The van der Waals surface area contributed by atoms with Gasteiger partial charge in [-0.1, -0.05) is 6.07 Å². The van der Waals surface area contributed by atoms with Gasteiger partial charge in [0.15, 0.2) is 5.76 Å². The monoisotopic (exact) mass is 342 g/mol. The van der Waals surface area contributed by atoms with Crippen molar-refractivity contribution in [2.75, 3.05) is 11.9 Å². The second kappa shape index (κ2) is 8.37. The second-order valence-electron chi connectivity index (χ2n) is 6.08. The molecule has 3 rings (SSSR count). The Kier molecular flexibility index (Phi) is 5.72. The summed E-state index contributed by atoms with van der Waals surface area (Å²) in [6.07, 6.45) is 6.50. The predicted octanol–water partition coefficient (Wildman–Crippen LogP) is 3.36. The number of nitrogens with one attached hydrogen (secondary N) is 2. The molecule has 0 unspecified atom stereocenters. The van der Waals surface area contributed by atoms with Crippen molar-refractivity contribution in [1.82, 2.24) is 5.32 Å². The zero-order chi connectivity index (χ0) is 17.5. The molecule has 2 N–H and O–H groups in total. The first kappa shape index (κ1) is 17.1. The molecule has 1 aromatic heterocycles. The molecule has 6 heteroatoms. The van der Waals surface area contributed by atoms with E-state index in [0.29, 0.717) is 5.69 Å². The molecular formula is C19H22N2O4. The van der Waals surface area contributed by atoms with Gasteiger partial charge in [0.25, 0.3) is 5.91 Å². The van der Waals surface area contributed by atoms with E-state index in [4.69, 9.17) is 9.15 Å². The lowest BCUT2D eigenvalue weighted by atomic mass is 10.2. The highest BCUT2D eigenvalue weighted by Crippen LogP contribution is 2.25. The molecular weight excluding hydrogens is 320 g/mol. The molecule has 0 saturated heterocycles. The number of carbonyl (C=O) groups is 2. The Hall–Kier alpha value is -2.76. The first-order valence-electron chi connectivity index (χ1n) is 8.59. The normalized spacial score (nSPS) is 14.2. The topological polar surface area (TPSA) is 80.6 Å². The summed E-state index contributed by atoms with van der Waals surface area (Å²) in [7, 11) is 0. The van der Waals surface area contributed by atoms with Crippen molar-refractivity contribution in [3.8, 4) is 5.75 Å². The van der Waals surface area contributed by atoms with Gasteiger partial charge in [-0.3, -0.25) is 9.59 Å². The minimum atomic E-state index is -0.329. The minimum Gasteiger partial charge on any atom is -0.490 e. The van der Waals surface area contributed by atoms with Crippen LogP contribution >= 0.6 is 0 Å². The van der Waals surface area contributed by atoms with Gasteiger partial charge in [-0.25, -0.2) is 0 Å². The van der Waals surface area contributed by atoms with Crippen LogP contribution < -0.4 is 15.4 Å². The number of carbonyl (C=O) groups excluding carboxylic acids is 2. The van der Waals surface area contributed by atoms with E-state index in [0.717, 1.165) is 18.6 Å². The zero-order valence-electron chi connectivity index (χ0n) is 14.0. The molecule has 1 saturated carbocycles. The highest BCUT2D eigenvalue weighted by atomic mass is 16.5. The lowest BCUT2D eigenvalue weighted by Crippen LogP contribution is -2.27. The summed E-state index contributed by atoms with van der Waals surface area (Å²) in [5.41, 5.74) is 0.692. The smallest absolute Gasteiger partial charge is 0.286 e. The van der Waals surface area contributed by atoms with Crippen LogP contribution in [0.25, 0.3) is 0 Å². The van der Waals surface area contributed by atoms with Gasteiger partial charge in [0, 0.05) is 24.7 Å². The van der Waals surface area contributed by atoms with Crippen molar-refractivity contribution in [2.45, 2.75) is 38.2 Å². The Morgan fingerprint density at radius 3 is 2.76 bits per heavy atom. The Balaban J connectivity index is 1.43. The number of rotatable bonds is 7. The first-order valence-corrected chi connectivity index (χ1v) is 8.59. The third-order valence-corrected chi connectivity index (χ3v) is 4.11. The molecule has 1 heterocycles. The maximum atomic E-state index is 12.0. The van der Waals surface area contributed by atoms with Crippen molar-refractivity contribution in [1.29, 1.82) is 0 Å². The predicted molar refractivity (Wildman–Crippen MR) is 93.6 cm³/mol. The van der Waals surface area contributed by atoms with Gasteiger partial charge in [0.05, 0.1) is 12.4 Å². The number of hydrogen-bond donors (Lipinski definition) is 2. The molecule has 132 valence electrons. The number of furan rings is 1. The van der Waals surface area contributed by atoms with E-state index in [9.17, 15) is 9.59 Å². The molecule has 2 amide bonds.